The number of thioether (sulfide) groups is 1. The number of nitrogens with two attached hydrogens (primary N) is 1. The highest BCUT2D eigenvalue weighted by molar-refractivity contribution is 8.00. The summed E-state index contributed by atoms with van der Waals surface area (Å²) in [7, 11) is 0. The summed E-state index contributed by atoms with van der Waals surface area (Å²) in [4.78, 5) is 22.0. The van der Waals surface area contributed by atoms with Gasteiger partial charge < -0.3 is 11.1 Å². The van der Waals surface area contributed by atoms with Gasteiger partial charge in [0.25, 0.3) is 0 Å². The van der Waals surface area contributed by atoms with Gasteiger partial charge in [-0.25, -0.2) is 9.97 Å². The van der Waals surface area contributed by atoms with E-state index in [1.807, 2.05) is 11.4 Å². The van der Waals surface area contributed by atoms with E-state index < -0.39 is 10.8 Å². The van der Waals surface area contributed by atoms with Crippen molar-refractivity contribution in [1.82, 2.24) is 15.3 Å². The number of thiophene rings is 1. The number of carbonyl (C=O) groups excluding carboxylic acids is 1. The number of hydrogen-bond donors (Lipinski definition) is 2. The Morgan fingerprint density at radius 1 is 1.46 bits per heavy atom. The average molecular weight is 361 g/mol. The summed E-state index contributed by atoms with van der Waals surface area (Å²) in [6.45, 7) is 1.80. The molecule has 0 aliphatic heterocycles. The maximum atomic E-state index is 12.5. The first-order valence-electron chi connectivity index (χ1n) is 7.94. The fourth-order valence-corrected chi connectivity index (χ4v) is 4.49. The van der Waals surface area contributed by atoms with Gasteiger partial charge in [0.1, 0.15) is 16.2 Å². The van der Waals surface area contributed by atoms with E-state index in [0.29, 0.717) is 11.0 Å². The summed E-state index contributed by atoms with van der Waals surface area (Å²) in [5, 5.41) is 15.3. The predicted octanol–water partition coefficient (Wildman–Crippen LogP) is 3.10. The maximum Gasteiger partial charge on any atom is 0.234 e. The third-order valence-electron chi connectivity index (χ3n) is 4.27. The number of anilines is 1. The molecule has 126 valence electrons. The lowest BCUT2D eigenvalue weighted by atomic mass is 9.83. The number of nitriles is 1. The number of aromatic nitrogens is 2. The van der Waals surface area contributed by atoms with Crippen LogP contribution in [0.2, 0.25) is 0 Å². The summed E-state index contributed by atoms with van der Waals surface area (Å²) < 4.78 is 0. The Balaban J connectivity index is 1.70. The number of rotatable bonds is 4. The van der Waals surface area contributed by atoms with Crippen LogP contribution in [-0.2, 0) is 4.79 Å². The van der Waals surface area contributed by atoms with Crippen molar-refractivity contribution >= 4 is 45.0 Å². The number of fused-ring (bicyclic) bond motifs is 1. The lowest BCUT2D eigenvalue weighted by Gasteiger charge is -2.32. The van der Waals surface area contributed by atoms with E-state index in [9.17, 15) is 10.1 Å². The molecule has 1 atom stereocenters. The Labute approximate surface area is 148 Å². The summed E-state index contributed by atoms with van der Waals surface area (Å²) in [5.74, 6) is 0.272. The monoisotopic (exact) mass is 361 g/mol. The SMILES string of the molecule is CC(Sc1nc(N)c2ccsc2n1)C(=O)NC1(C#N)CCCCC1. The molecule has 24 heavy (non-hydrogen) atoms. The molecule has 2 aromatic rings. The van der Waals surface area contributed by atoms with Crippen LogP contribution in [0.4, 0.5) is 5.82 Å². The van der Waals surface area contributed by atoms with E-state index in [0.717, 1.165) is 42.3 Å². The van der Waals surface area contributed by atoms with Gasteiger partial charge in [-0.05, 0) is 31.2 Å². The third-order valence-corrected chi connectivity index (χ3v) is 6.04. The number of amides is 1. The van der Waals surface area contributed by atoms with E-state index in [1.54, 1.807) is 6.92 Å². The normalized spacial score (nSPS) is 18.0. The molecular formula is C16H19N5OS2. The Kier molecular flexibility index (Phi) is 4.92. The number of nitrogens with one attached hydrogen (secondary N) is 1. The molecule has 1 saturated carbocycles. The molecule has 1 aliphatic rings. The molecular weight excluding hydrogens is 342 g/mol. The van der Waals surface area contributed by atoms with Crippen molar-refractivity contribution in [3.63, 3.8) is 0 Å². The first-order chi connectivity index (χ1) is 11.5. The molecule has 6 nitrogen and oxygen atoms in total. The Morgan fingerprint density at radius 2 is 2.21 bits per heavy atom. The van der Waals surface area contributed by atoms with Crippen LogP contribution in [0.3, 0.4) is 0 Å². The van der Waals surface area contributed by atoms with Crippen molar-refractivity contribution in [2.24, 2.45) is 0 Å². The first kappa shape index (κ1) is 17.0. The predicted molar refractivity (Wildman–Crippen MR) is 96.7 cm³/mol. The fraction of sp³-hybridized carbons (Fsp3) is 0.500. The second-order valence-electron chi connectivity index (χ2n) is 6.03. The van der Waals surface area contributed by atoms with Gasteiger partial charge in [-0.2, -0.15) is 5.26 Å². The van der Waals surface area contributed by atoms with Crippen LogP contribution >= 0.6 is 23.1 Å². The summed E-state index contributed by atoms with van der Waals surface area (Å²) in [6.07, 6.45) is 4.51. The van der Waals surface area contributed by atoms with Crippen molar-refractivity contribution in [2.75, 3.05) is 5.73 Å². The standard InChI is InChI=1S/C16H19N5OS2/c1-10(13(22)21-16(9-17)6-3-2-4-7-16)24-15-19-12(18)11-5-8-23-14(11)20-15/h5,8,10H,2-4,6-7H2,1H3,(H,21,22)(H2,18,19,20). The molecule has 3 rings (SSSR count). The second kappa shape index (κ2) is 6.95. The second-order valence-corrected chi connectivity index (χ2v) is 8.24. The van der Waals surface area contributed by atoms with Crippen LogP contribution in [0.15, 0.2) is 16.6 Å². The van der Waals surface area contributed by atoms with Gasteiger partial charge in [0.15, 0.2) is 5.16 Å². The number of nitrogens with zero attached hydrogens (tertiary/aromatic N) is 3. The van der Waals surface area contributed by atoms with Crippen molar-refractivity contribution in [1.29, 1.82) is 5.26 Å². The van der Waals surface area contributed by atoms with E-state index >= 15 is 0 Å². The zero-order valence-electron chi connectivity index (χ0n) is 13.4. The van der Waals surface area contributed by atoms with Crippen LogP contribution in [0, 0.1) is 11.3 Å². The molecule has 1 fully saturated rings. The summed E-state index contributed by atoms with van der Waals surface area (Å²) >= 11 is 2.76. The lowest BCUT2D eigenvalue weighted by Crippen LogP contribution is -2.50. The van der Waals surface area contributed by atoms with Crippen LogP contribution in [0.1, 0.15) is 39.0 Å². The summed E-state index contributed by atoms with van der Waals surface area (Å²) in [5.41, 5.74) is 5.22. The van der Waals surface area contributed by atoms with Crippen LogP contribution in [-0.4, -0.2) is 26.7 Å². The minimum absolute atomic E-state index is 0.156. The molecule has 2 aromatic heterocycles. The van der Waals surface area contributed by atoms with Gasteiger partial charge in [0.05, 0.1) is 16.7 Å². The minimum atomic E-state index is -0.720. The smallest absolute Gasteiger partial charge is 0.234 e. The zero-order valence-corrected chi connectivity index (χ0v) is 15.0. The highest BCUT2D eigenvalue weighted by Crippen LogP contribution is 2.30. The van der Waals surface area contributed by atoms with Crippen LogP contribution < -0.4 is 11.1 Å². The Morgan fingerprint density at radius 3 is 2.92 bits per heavy atom. The van der Waals surface area contributed by atoms with Gasteiger partial charge in [-0.1, -0.05) is 31.0 Å². The lowest BCUT2D eigenvalue weighted by molar-refractivity contribution is -0.121. The summed E-state index contributed by atoms with van der Waals surface area (Å²) in [6, 6.07) is 4.19. The molecule has 8 heteroatoms. The molecule has 1 amide bonds. The Bertz CT molecular complexity index is 791. The topological polar surface area (TPSA) is 105 Å². The number of nitrogen functional groups attached to an aromatic ring is 1. The first-order valence-corrected chi connectivity index (χ1v) is 9.69. The van der Waals surface area contributed by atoms with Gasteiger partial charge in [0, 0.05) is 0 Å². The van der Waals surface area contributed by atoms with Gasteiger partial charge in [-0.15, -0.1) is 11.3 Å². The molecule has 0 aromatic carbocycles. The van der Waals surface area contributed by atoms with E-state index in [4.69, 9.17) is 5.73 Å². The van der Waals surface area contributed by atoms with Crippen LogP contribution in [0.25, 0.3) is 10.2 Å². The highest BCUT2D eigenvalue weighted by Gasteiger charge is 2.35. The molecule has 2 heterocycles. The average Bonchev–Trinajstić information content (AvgIpc) is 3.04. The molecule has 0 saturated heterocycles. The van der Waals surface area contributed by atoms with Gasteiger partial charge in [0.2, 0.25) is 5.91 Å². The third kappa shape index (κ3) is 3.47. The van der Waals surface area contributed by atoms with Crippen molar-refractivity contribution in [3.8, 4) is 6.07 Å². The zero-order chi connectivity index (χ0) is 17.2. The van der Waals surface area contributed by atoms with E-state index in [1.165, 1.54) is 23.1 Å². The van der Waals surface area contributed by atoms with Crippen LogP contribution in [0.5, 0.6) is 0 Å². The van der Waals surface area contributed by atoms with Crippen molar-refractivity contribution in [3.05, 3.63) is 11.4 Å². The van der Waals surface area contributed by atoms with E-state index in [-0.39, 0.29) is 5.91 Å². The largest absolute Gasteiger partial charge is 0.383 e. The number of carbonyl (C=O) groups is 1. The highest BCUT2D eigenvalue weighted by atomic mass is 32.2. The van der Waals surface area contributed by atoms with Gasteiger partial charge in [-0.3, -0.25) is 4.79 Å². The maximum absolute atomic E-state index is 12.5. The minimum Gasteiger partial charge on any atom is -0.383 e. The molecule has 1 unspecified atom stereocenters. The molecule has 0 radical (unpaired) electrons. The Hall–Kier alpha value is -1.85. The fourth-order valence-electron chi connectivity index (χ4n) is 2.88. The molecule has 1 aliphatic carbocycles. The molecule has 0 bridgehead atoms. The quantitative estimate of drug-likeness (QED) is 0.640. The molecule has 0 spiro atoms. The van der Waals surface area contributed by atoms with E-state index in [2.05, 4.69) is 21.4 Å². The van der Waals surface area contributed by atoms with Crippen molar-refractivity contribution < 1.29 is 4.79 Å². The van der Waals surface area contributed by atoms with Gasteiger partial charge >= 0.3 is 0 Å². The number of hydrogen-bond acceptors (Lipinski definition) is 7. The molecule has 3 N–H and O–H groups in total. The van der Waals surface area contributed by atoms with Crippen molar-refractivity contribution in [2.45, 2.75) is 55.0 Å².